The van der Waals surface area contributed by atoms with Crippen molar-refractivity contribution >= 4 is 26.0 Å². The van der Waals surface area contributed by atoms with Gasteiger partial charge in [-0.3, -0.25) is 0 Å². The van der Waals surface area contributed by atoms with Crippen molar-refractivity contribution in [2.24, 2.45) is 0 Å². The van der Waals surface area contributed by atoms with Crippen LogP contribution in [0.3, 0.4) is 0 Å². The first-order chi connectivity index (χ1) is 8.50. The molecule has 1 heterocycles. The molecular weight excluding hydrogens is 320 g/mol. The van der Waals surface area contributed by atoms with Crippen LogP contribution in [-0.4, -0.2) is 32.4 Å². The minimum absolute atomic E-state index is 0.162. The molecule has 1 aliphatic carbocycles. The zero-order valence-electron chi connectivity index (χ0n) is 10.4. The highest BCUT2D eigenvalue weighted by Crippen LogP contribution is 2.35. The lowest BCUT2D eigenvalue weighted by Crippen LogP contribution is -2.32. The van der Waals surface area contributed by atoms with Crippen LogP contribution >= 0.6 is 15.9 Å². The van der Waals surface area contributed by atoms with Crippen LogP contribution in [0.1, 0.15) is 25.5 Å². The Morgan fingerprint density at radius 1 is 1.56 bits per heavy atom. The summed E-state index contributed by atoms with van der Waals surface area (Å²) < 4.78 is 32.2. The van der Waals surface area contributed by atoms with Crippen LogP contribution < -0.4 is 5.32 Å². The van der Waals surface area contributed by atoms with Crippen molar-refractivity contribution in [1.29, 1.82) is 0 Å². The van der Waals surface area contributed by atoms with Gasteiger partial charge in [-0.15, -0.1) is 0 Å². The molecule has 0 atom stereocenters. The van der Waals surface area contributed by atoms with Crippen LogP contribution in [0.15, 0.2) is 20.0 Å². The number of hydrogen-bond acceptors (Lipinski definition) is 4. The summed E-state index contributed by atoms with van der Waals surface area (Å²) >= 11 is 3.19. The topological polar surface area (TPSA) is 62.6 Å². The Balaban J connectivity index is 2.33. The van der Waals surface area contributed by atoms with Crippen molar-refractivity contribution in [3.8, 4) is 0 Å². The Morgan fingerprint density at radius 2 is 2.22 bits per heavy atom. The molecule has 0 spiro atoms. The Morgan fingerprint density at radius 3 is 2.72 bits per heavy atom. The highest BCUT2D eigenvalue weighted by atomic mass is 79.9. The average Bonchev–Trinajstić information content (AvgIpc) is 3.04. The molecule has 1 N–H and O–H groups in total. The van der Waals surface area contributed by atoms with E-state index in [9.17, 15) is 8.42 Å². The molecule has 7 heteroatoms. The largest absolute Gasteiger partial charge is 0.452 e. The number of nitrogens with one attached hydrogen (secondary N) is 1. The second-order valence-corrected chi connectivity index (χ2v) is 6.90. The molecule has 1 aromatic rings. The Bertz CT molecular complexity index is 522. The fourth-order valence-corrected chi connectivity index (χ4v) is 4.61. The standard InChI is InChI=1S/C11H17BrN2O3S/c1-3-14(8-4-5-8)18(15,16)10-6-9(7-13-2)17-11(10)12/h6,8,13H,3-5,7H2,1-2H3. The molecule has 0 saturated heterocycles. The molecule has 0 amide bonds. The smallest absolute Gasteiger partial charge is 0.247 e. The molecule has 0 radical (unpaired) electrons. The van der Waals surface area contributed by atoms with Gasteiger partial charge in [0.15, 0.2) is 4.67 Å². The Labute approximate surface area is 116 Å². The van der Waals surface area contributed by atoms with Crippen molar-refractivity contribution in [2.45, 2.75) is 37.2 Å². The van der Waals surface area contributed by atoms with E-state index in [1.807, 2.05) is 6.92 Å². The minimum atomic E-state index is -3.45. The van der Waals surface area contributed by atoms with Gasteiger partial charge in [0, 0.05) is 18.7 Å². The quantitative estimate of drug-likeness (QED) is 0.862. The minimum Gasteiger partial charge on any atom is -0.452 e. The first-order valence-corrected chi connectivity index (χ1v) is 8.18. The van der Waals surface area contributed by atoms with E-state index in [1.165, 1.54) is 0 Å². The van der Waals surface area contributed by atoms with Crippen molar-refractivity contribution < 1.29 is 12.8 Å². The second-order valence-electron chi connectivity index (χ2n) is 4.32. The lowest BCUT2D eigenvalue weighted by Gasteiger charge is -2.18. The van der Waals surface area contributed by atoms with Crippen LogP contribution in [0, 0.1) is 0 Å². The summed E-state index contributed by atoms with van der Waals surface area (Å²) in [6.45, 7) is 2.86. The van der Waals surface area contributed by atoms with Crippen LogP contribution in [-0.2, 0) is 16.6 Å². The molecule has 1 aromatic heterocycles. The molecule has 0 unspecified atom stereocenters. The summed E-state index contributed by atoms with van der Waals surface area (Å²) in [6, 6.07) is 1.75. The molecule has 1 fully saturated rings. The summed E-state index contributed by atoms with van der Waals surface area (Å²) in [5.74, 6) is 0.606. The van der Waals surface area contributed by atoms with Crippen molar-refractivity contribution in [3.63, 3.8) is 0 Å². The number of halogens is 1. The van der Waals surface area contributed by atoms with Gasteiger partial charge in [0.25, 0.3) is 0 Å². The monoisotopic (exact) mass is 336 g/mol. The Kier molecular flexibility index (Phi) is 4.15. The zero-order valence-corrected chi connectivity index (χ0v) is 12.8. The maximum Gasteiger partial charge on any atom is 0.247 e. The van der Waals surface area contributed by atoms with Crippen molar-refractivity contribution in [2.75, 3.05) is 13.6 Å². The summed E-state index contributed by atoms with van der Waals surface area (Å²) in [5, 5.41) is 2.93. The average molecular weight is 337 g/mol. The van der Waals surface area contributed by atoms with Gasteiger partial charge in [0.05, 0.1) is 6.54 Å². The van der Waals surface area contributed by atoms with Gasteiger partial charge in [0.1, 0.15) is 10.7 Å². The first kappa shape index (κ1) is 14.0. The van der Waals surface area contributed by atoms with E-state index in [-0.39, 0.29) is 15.6 Å². The molecular formula is C11H17BrN2O3S. The molecule has 0 bridgehead atoms. The predicted octanol–water partition coefficient (Wildman–Crippen LogP) is 1.93. The summed E-state index contributed by atoms with van der Waals surface area (Å²) in [4.78, 5) is 0.224. The van der Waals surface area contributed by atoms with Gasteiger partial charge < -0.3 is 9.73 Å². The summed E-state index contributed by atoms with van der Waals surface area (Å²) in [5.41, 5.74) is 0. The molecule has 2 rings (SSSR count). The van der Waals surface area contributed by atoms with Gasteiger partial charge in [-0.1, -0.05) is 6.92 Å². The maximum atomic E-state index is 12.5. The normalized spacial score (nSPS) is 16.4. The van der Waals surface area contributed by atoms with Crippen LogP contribution in [0.2, 0.25) is 0 Å². The van der Waals surface area contributed by atoms with Crippen LogP contribution in [0.5, 0.6) is 0 Å². The van der Waals surface area contributed by atoms with E-state index >= 15 is 0 Å². The molecule has 1 aliphatic rings. The van der Waals surface area contributed by atoms with E-state index in [4.69, 9.17) is 4.42 Å². The molecule has 1 saturated carbocycles. The number of rotatable bonds is 6. The fourth-order valence-electron chi connectivity index (χ4n) is 1.95. The SMILES string of the molecule is CCN(C1CC1)S(=O)(=O)c1cc(CNC)oc1Br. The van der Waals surface area contributed by atoms with E-state index in [2.05, 4.69) is 21.2 Å². The van der Waals surface area contributed by atoms with Crippen molar-refractivity contribution in [3.05, 3.63) is 16.5 Å². The van der Waals surface area contributed by atoms with E-state index in [1.54, 1.807) is 17.4 Å². The van der Waals surface area contributed by atoms with E-state index in [0.717, 1.165) is 12.8 Å². The fraction of sp³-hybridized carbons (Fsp3) is 0.636. The highest BCUT2D eigenvalue weighted by Gasteiger charge is 2.38. The van der Waals surface area contributed by atoms with Crippen LogP contribution in [0.4, 0.5) is 0 Å². The number of hydrogen-bond donors (Lipinski definition) is 1. The first-order valence-electron chi connectivity index (χ1n) is 5.95. The third-order valence-electron chi connectivity index (χ3n) is 2.91. The number of nitrogens with zero attached hydrogens (tertiary/aromatic N) is 1. The summed E-state index contributed by atoms with van der Waals surface area (Å²) in [6.07, 6.45) is 1.90. The molecule has 5 nitrogen and oxygen atoms in total. The van der Waals surface area contributed by atoms with Crippen molar-refractivity contribution in [1.82, 2.24) is 9.62 Å². The predicted molar refractivity (Wildman–Crippen MR) is 71.8 cm³/mol. The molecule has 0 aromatic carbocycles. The Hall–Kier alpha value is -0.370. The van der Waals surface area contributed by atoms with Gasteiger partial charge in [-0.2, -0.15) is 4.31 Å². The second kappa shape index (κ2) is 5.32. The third-order valence-corrected chi connectivity index (χ3v) is 5.79. The van der Waals surface area contributed by atoms with Gasteiger partial charge in [0.2, 0.25) is 10.0 Å². The van der Waals surface area contributed by atoms with Gasteiger partial charge in [-0.25, -0.2) is 8.42 Å². The lowest BCUT2D eigenvalue weighted by atomic mass is 10.4. The molecule has 18 heavy (non-hydrogen) atoms. The molecule has 102 valence electrons. The van der Waals surface area contributed by atoms with E-state index < -0.39 is 10.0 Å². The lowest BCUT2D eigenvalue weighted by molar-refractivity contribution is 0.417. The number of sulfonamides is 1. The maximum absolute atomic E-state index is 12.5. The van der Waals surface area contributed by atoms with Gasteiger partial charge >= 0.3 is 0 Å². The molecule has 0 aliphatic heterocycles. The highest BCUT2D eigenvalue weighted by molar-refractivity contribution is 9.10. The third kappa shape index (κ3) is 2.64. The van der Waals surface area contributed by atoms with Gasteiger partial charge in [-0.05, 0) is 35.8 Å². The van der Waals surface area contributed by atoms with E-state index in [0.29, 0.717) is 18.8 Å². The summed E-state index contributed by atoms with van der Waals surface area (Å²) in [7, 11) is -1.67. The zero-order chi connectivity index (χ0) is 13.3. The van der Waals surface area contributed by atoms with Crippen LogP contribution in [0.25, 0.3) is 0 Å². The number of furan rings is 1.